The number of ether oxygens (including phenoxy) is 1. The van der Waals surface area contributed by atoms with Crippen molar-refractivity contribution in [2.24, 2.45) is 0 Å². The van der Waals surface area contributed by atoms with E-state index >= 15 is 0 Å². The number of aryl methyl sites for hydroxylation is 1. The van der Waals surface area contributed by atoms with E-state index in [0.717, 1.165) is 50.5 Å². The van der Waals surface area contributed by atoms with E-state index < -0.39 is 0 Å². The number of nitrogens with two attached hydrogens (primary N) is 1. The minimum absolute atomic E-state index is 0.678. The standard InChI is InChI=1S/C16H23N3O/c1-12-10-14(17)11-18-16(12)13-2-4-15(5-3-13)19-6-8-20-9-7-19/h2,10-11,15H,3-9,17H2,1H3/t15-/m0/s1. The van der Waals surface area contributed by atoms with Gasteiger partial charge in [0.05, 0.1) is 30.8 Å². The lowest BCUT2D eigenvalue weighted by Crippen LogP contribution is -2.43. The molecular formula is C16H23N3O. The first kappa shape index (κ1) is 13.6. The first-order valence-electron chi connectivity index (χ1n) is 7.47. The number of hydrogen-bond donors (Lipinski definition) is 1. The molecule has 1 aromatic heterocycles. The van der Waals surface area contributed by atoms with E-state index in [1.54, 1.807) is 6.20 Å². The van der Waals surface area contributed by atoms with Gasteiger partial charge >= 0.3 is 0 Å². The van der Waals surface area contributed by atoms with Gasteiger partial charge in [0.1, 0.15) is 0 Å². The maximum atomic E-state index is 5.78. The molecule has 1 atom stereocenters. The predicted molar refractivity (Wildman–Crippen MR) is 81.4 cm³/mol. The second-order valence-electron chi connectivity index (χ2n) is 5.74. The molecule has 4 heteroatoms. The van der Waals surface area contributed by atoms with Crippen LogP contribution in [0.3, 0.4) is 0 Å². The summed E-state index contributed by atoms with van der Waals surface area (Å²) in [5.74, 6) is 0. The number of hydrogen-bond acceptors (Lipinski definition) is 4. The van der Waals surface area contributed by atoms with Crippen LogP contribution in [-0.2, 0) is 4.74 Å². The fourth-order valence-corrected chi connectivity index (χ4v) is 3.24. The van der Waals surface area contributed by atoms with Gasteiger partial charge in [-0.25, -0.2) is 0 Å². The summed E-state index contributed by atoms with van der Waals surface area (Å²) in [6.45, 7) is 6.00. The van der Waals surface area contributed by atoms with E-state index in [4.69, 9.17) is 10.5 Å². The summed E-state index contributed by atoms with van der Waals surface area (Å²) in [5.41, 5.74) is 10.2. The fourth-order valence-electron chi connectivity index (χ4n) is 3.24. The lowest BCUT2D eigenvalue weighted by atomic mass is 9.90. The number of pyridine rings is 1. The molecule has 0 spiro atoms. The Morgan fingerprint density at radius 1 is 1.35 bits per heavy atom. The third-order valence-corrected chi connectivity index (χ3v) is 4.35. The number of rotatable bonds is 2. The highest BCUT2D eigenvalue weighted by Crippen LogP contribution is 2.30. The van der Waals surface area contributed by atoms with E-state index in [2.05, 4.69) is 22.9 Å². The molecule has 0 aromatic carbocycles. The van der Waals surface area contributed by atoms with E-state index in [0.29, 0.717) is 6.04 Å². The monoisotopic (exact) mass is 273 g/mol. The van der Waals surface area contributed by atoms with Crippen LogP contribution in [0, 0.1) is 6.92 Å². The average Bonchev–Trinajstić information content (AvgIpc) is 2.48. The predicted octanol–water partition coefficient (Wildman–Crippen LogP) is 2.24. The highest BCUT2D eigenvalue weighted by Gasteiger charge is 2.24. The molecule has 20 heavy (non-hydrogen) atoms. The second-order valence-corrected chi connectivity index (χ2v) is 5.74. The van der Waals surface area contributed by atoms with Crippen molar-refractivity contribution in [2.45, 2.75) is 32.2 Å². The van der Waals surface area contributed by atoms with Gasteiger partial charge in [-0.1, -0.05) is 6.08 Å². The Balaban J connectivity index is 1.70. The second kappa shape index (κ2) is 5.94. The highest BCUT2D eigenvalue weighted by atomic mass is 16.5. The normalized spacial score (nSPS) is 24.4. The Bertz CT molecular complexity index is 506. The molecule has 0 amide bonds. The molecule has 1 saturated heterocycles. The SMILES string of the molecule is Cc1cc(N)cnc1C1=CC[C@H](N2CCOCC2)CC1. The van der Waals surface area contributed by atoms with Gasteiger partial charge in [0.25, 0.3) is 0 Å². The van der Waals surface area contributed by atoms with Gasteiger partial charge in [-0.05, 0) is 43.4 Å². The summed E-state index contributed by atoms with van der Waals surface area (Å²) in [6.07, 6.45) is 7.59. The van der Waals surface area contributed by atoms with Gasteiger partial charge < -0.3 is 10.5 Å². The van der Waals surface area contributed by atoms with Crippen molar-refractivity contribution in [3.05, 3.63) is 29.6 Å². The van der Waals surface area contributed by atoms with Crippen molar-refractivity contribution < 1.29 is 4.74 Å². The molecule has 4 nitrogen and oxygen atoms in total. The summed E-state index contributed by atoms with van der Waals surface area (Å²) in [6, 6.07) is 2.69. The van der Waals surface area contributed by atoms with E-state index in [1.165, 1.54) is 17.6 Å². The summed E-state index contributed by atoms with van der Waals surface area (Å²) < 4.78 is 5.43. The van der Waals surface area contributed by atoms with Crippen molar-refractivity contribution >= 4 is 11.3 Å². The maximum Gasteiger partial charge on any atom is 0.0689 e. The summed E-state index contributed by atoms with van der Waals surface area (Å²) in [7, 11) is 0. The van der Waals surface area contributed by atoms with Crippen LogP contribution in [0.4, 0.5) is 5.69 Å². The van der Waals surface area contributed by atoms with Crippen molar-refractivity contribution in [2.75, 3.05) is 32.0 Å². The minimum Gasteiger partial charge on any atom is -0.397 e. The smallest absolute Gasteiger partial charge is 0.0689 e. The van der Waals surface area contributed by atoms with Gasteiger partial charge in [-0.3, -0.25) is 9.88 Å². The van der Waals surface area contributed by atoms with Crippen LogP contribution >= 0.6 is 0 Å². The number of morpholine rings is 1. The molecule has 1 aliphatic heterocycles. The molecule has 3 rings (SSSR count). The Morgan fingerprint density at radius 3 is 2.80 bits per heavy atom. The van der Waals surface area contributed by atoms with Crippen molar-refractivity contribution in [1.29, 1.82) is 0 Å². The molecule has 0 radical (unpaired) electrons. The van der Waals surface area contributed by atoms with Gasteiger partial charge in [0.15, 0.2) is 0 Å². The van der Waals surface area contributed by atoms with E-state index in [9.17, 15) is 0 Å². The van der Waals surface area contributed by atoms with E-state index in [-0.39, 0.29) is 0 Å². The third-order valence-electron chi connectivity index (χ3n) is 4.35. The number of anilines is 1. The van der Waals surface area contributed by atoms with E-state index in [1.807, 2.05) is 6.07 Å². The molecule has 1 aromatic rings. The molecular weight excluding hydrogens is 250 g/mol. The summed E-state index contributed by atoms with van der Waals surface area (Å²) in [4.78, 5) is 7.08. The van der Waals surface area contributed by atoms with Crippen LogP contribution in [0.15, 0.2) is 18.3 Å². The zero-order valence-corrected chi connectivity index (χ0v) is 12.1. The van der Waals surface area contributed by atoms with Gasteiger partial charge in [0.2, 0.25) is 0 Å². The van der Waals surface area contributed by atoms with Crippen LogP contribution in [0.1, 0.15) is 30.5 Å². The molecule has 2 N–H and O–H groups in total. The first-order chi connectivity index (χ1) is 9.74. The quantitative estimate of drug-likeness (QED) is 0.898. The topological polar surface area (TPSA) is 51.4 Å². The lowest BCUT2D eigenvalue weighted by molar-refractivity contribution is 0.0150. The summed E-state index contributed by atoms with van der Waals surface area (Å²) >= 11 is 0. The first-order valence-corrected chi connectivity index (χ1v) is 7.47. The molecule has 2 heterocycles. The zero-order chi connectivity index (χ0) is 13.9. The van der Waals surface area contributed by atoms with Crippen molar-refractivity contribution in [1.82, 2.24) is 9.88 Å². The van der Waals surface area contributed by atoms with Crippen LogP contribution < -0.4 is 5.73 Å². The molecule has 108 valence electrons. The summed E-state index contributed by atoms with van der Waals surface area (Å²) in [5, 5.41) is 0. The fraction of sp³-hybridized carbons (Fsp3) is 0.562. The van der Waals surface area contributed by atoms with Gasteiger partial charge in [-0.2, -0.15) is 0 Å². The van der Waals surface area contributed by atoms with Crippen LogP contribution in [0.5, 0.6) is 0 Å². The maximum absolute atomic E-state index is 5.78. The average molecular weight is 273 g/mol. The largest absolute Gasteiger partial charge is 0.397 e. The van der Waals surface area contributed by atoms with Crippen LogP contribution in [0.2, 0.25) is 0 Å². The minimum atomic E-state index is 0.678. The lowest BCUT2D eigenvalue weighted by Gasteiger charge is -2.36. The van der Waals surface area contributed by atoms with Gasteiger partial charge in [0, 0.05) is 19.1 Å². The molecule has 0 saturated carbocycles. The molecule has 0 unspecified atom stereocenters. The van der Waals surface area contributed by atoms with Crippen LogP contribution in [-0.4, -0.2) is 42.2 Å². The van der Waals surface area contributed by atoms with Crippen molar-refractivity contribution in [3.8, 4) is 0 Å². The Kier molecular flexibility index (Phi) is 4.03. The molecule has 1 aliphatic carbocycles. The number of allylic oxidation sites excluding steroid dienone is 1. The third kappa shape index (κ3) is 2.86. The number of nitrogens with zero attached hydrogens (tertiary/aromatic N) is 2. The number of nitrogen functional groups attached to an aromatic ring is 1. The Hall–Kier alpha value is -1.39. The zero-order valence-electron chi connectivity index (χ0n) is 12.1. The highest BCUT2D eigenvalue weighted by molar-refractivity contribution is 5.67. The molecule has 2 aliphatic rings. The van der Waals surface area contributed by atoms with Gasteiger partial charge in [-0.15, -0.1) is 0 Å². The van der Waals surface area contributed by atoms with Crippen molar-refractivity contribution in [3.63, 3.8) is 0 Å². The Morgan fingerprint density at radius 2 is 2.15 bits per heavy atom. The Labute approximate surface area is 120 Å². The molecule has 1 fully saturated rings. The number of aromatic nitrogens is 1. The molecule has 0 bridgehead atoms. The van der Waals surface area contributed by atoms with Crippen LogP contribution in [0.25, 0.3) is 5.57 Å².